The Morgan fingerprint density at radius 3 is 2.13 bits per heavy atom. The van der Waals surface area contributed by atoms with Crippen LogP contribution in [0.4, 0.5) is 0 Å². The zero-order chi connectivity index (χ0) is 28.3. The molecule has 2 aromatic rings. The van der Waals surface area contributed by atoms with E-state index in [1.54, 1.807) is 57.2 Å². The largest absolute Gasteiger partial charge is 0.467 e. The van der Waals surface area contributed by atoms with Crippen LogP contribution in [0.1, 0.15) is 37.8 Å². The molecule has 202 valence electrons. The van der Waals surface area contributed by atoms with Crippen LogP contribution in [0, 0.1) is 5.92 Å². The Bertz CT molecular complexity index is 1270. The minimum Gasteiger partial charge on any atom is -0.467 e. The molecular formula is C28H29Br2NO7. The van der Waals surface area contributed by atoms with Crippen LogP contribution in [-0.4, -0.2) is 55.1 Å². The number of methoxy groups -OCH3 is 2. The molecule has 0 amide bonds. The molecule has 0 aromatic heterocycles. The number of carbonyl (C=O) groups excluding carboxylic acids is 4. The molecule has 1 aliphatic heterocycles. The van der Waals surface area contributed by atoms with Crippen LogP contribution in [-0.2, 0) is 33.4 Å². The molecule has 0 radical (unpaired) electrons. The van der Waals surface area contributed by atoms with Crippen molar-refractivity contribution in [2.24, 2.45) is 5.92 Å². The smallest absolute Gasteiger partial charge is 0.374 e. The number of carbonyl (C=O) groups is 4. The van der Waals surface area contributed by atoms with Crippen LogP contribution >= 0.6 is 31.9 Å². The summed E-state index contributed by atoms with van der Waals surface area (Å²) in [6.07, 6.45) is 3.09. The van der Waals surface area contributed by atoms with E-state index in [0.717, 1.165) is 11.6 Å². The molecule has 1 heterocycles. The standard InChI is InChI=1S/C28H29Br2NO7/c1-27(2,3)38-24(33)22-20(17-9-7-11-19(30)15-17)21(23(32)25(34)36-4)28(31-22,26(35)37-5)13-12-16-8-6-10-18(29)14-16/h6-15,20-22,31H,1-5H3/b13-12+/t20-,21+,22-,28+/m1/s1. The lowest BCUT2D eigenvalue weighted by molar-refractivity contribution is -0.158. The molecule has 0 spiro atoms. The lowest BCUT2D eigenvalue weighted by atomic mass is 9.72. The highest BCUT2D eigenvalue weighted by Gasteiger charge is 2.64. The number of benzene rings is 2. The highest BCUT2D eigenvalue weighted by Crippen LogP contribution is 2.46. The number of ketones is 1. The maximum atomic E-state index is 13.7. The van der Waals surface area contributed by atoms with Crippen LogP contribution in [0.5, 0.6) is 0 Å². The van der Waals surface area contributed by atoms with Crippen LogP contribution in [0.15, 0.2) is 63.6 Å². The van der Waals surface area contributed by atoms with Gasteiger partial charge in [0.1, 0.15) is 17.2 Å². The Labute approximate surface area is 238 Å². The van der Waals surface area contributed by atoms with E-state index in [4.69, 9.17) is 14.2 Å². The number of rotatable bonds is 7. The van der Waals surface area contributed by atoms with Crippen molar-refractivity contribution >= 4 is 61.6 Å². The fourth-order valence-corrected chi connectivity index (χ4v) is 5.43. The summed E-state index contributed by atoms with van der Waals surface area (Å²) in [5.74, 6) is -6.06. The number of hydrogen-bond donors (Lipinski definition) is 1. The molecule has 0 bridgehead atoms. The van der Waals surface area contributed by atoms with Gasteiger partial charge < -0.3 is 14.2 Å². The van der Waals surface area contributed by atoms with Gasteiger partial charge >= 0.3 is 17.9 Å². The second-order valence-corrected chi connectivity index (χ2v) is 11.7. The van der Waals surface area contributed by atoms with E-state index in [-0.39, 0.29) is 0 Å². The molecule has 4 atom stereocenters. The van der Waals surface area contributed by atoms with Gasteiger partial charge in [-0.05, 0) is 56.2 Å². The van der Waals surface area contributed by atoms with Gasteiger partial charge in [-0.15, -0.1) is 0 Å². The first-order valence-electron chi connectivity index (χ1n) is 11.7. The van der Waals surface area contributed by atoms with Gasteiger partial charge in [0.2, 0.25) is 5.78 Å². The predicted octanol–water partition coefficient (Wildman–Crippen LogP) is 4.59. The summed E-state index contributed by atoms with van der Waals surface area (Å²) in [6.45, 7) is 5.14. The van der Waals surface area contributed by atoms with E-state index in [0.29, 0.717) is 15.6 Å². The van der Waals surface area contributed by atoms with Crippen LogP contribution in [0.2, 0.25) is 0 Å². The average Bonchev–Trinajstić information content (AvgIpc) is 3.21. The highest BCUT2D eigenvalue weighted by atomic mass is 79.9. The first-order valence-corrected chi connectivity index (χ1v) is 13.3. The second kappa shape index (κ2) is 11.9. The van der Waals surface area contributed by atoms with Crippen molar-refractivity contribution in [1.82, 2.24) is 5.32 Å². The summed E-state index contributed by atoms with van der Waals surface area (Å²) in [5, 5.41) is 3.05. The Kier molecular flexibility index (Phi) is 9.33. The number of Topliss-reactive ketones (excluding diaryl/α,β-unsaturated/α-hetero) is 1. The Balaban J connectivity index is 2.31. The molecule has 10 heteroatoms. The number of hydrogen-bond acceptors (Lipinski definition) is 8. The van der Waals surface area contributed by atoms with Crippen molar-refractivity contribution in [2.45, 2.75) is 43.9 Å². The predicted molar refractivity (Wildman–Crippen MR) is 148 cm³/mol. The van der Waals surface area contributed by atoms with Crippen LogP contribution in [0.25, 0.3) is 6.08 Å². The topological polar surface area (TPSA) is 108 Å². The minimum atomic E-state index is -1.91. The molecule has 8 nitrogen and oxygen atoms in total. The third-order valence-electron chi connectivity index (χ3n) is 6.08. The van der Waals surface area contributed by atoms with Gasteiger partial charge in [0.05, 0.1) is 20.1 Å². The normalized spacial score (nSPS) is 23.2. The number of halogens is 2. The van der Waals surface area contributed by atoms with Gasteiger partial charge in [-0.3, -0.25) is 14.9 Å². The summed E-state index contributed by atoms with van der Waals surface area (Å²) >= 11 is 6.85. The number of nitrogens with one attached hydrogen (secondary N) is 1. The van der Waals surface area contributed by atoms with Crippen molar-refractivity contribution in [3.8, 4) is 0 Å². The maximum absolute atomic E-state index is 13.7. The lowest BCUT2D eigenvalue weighted by Crippen LogP contribution is -2.56. The SMILES string of the molecule is COC(=O)C(=O)[C@@H]1[C@@H](c2cccc(Br)c2)[C@H](C(=O)OC(C)(C)C)N[C@]1(/C=C/c1cccc(Br)c1)C(=O)OC. The summed E-state index contributed by atoms with van der Waals surface area (Å²) in [6, 6.07) is 13.0. The fourth-order valence-electron chi connectivity index (χ4n) is 4.59. The van der Waals surface area contributed by atoms with Crippen molar-refractivity contribution in [3.63, 3.8) is 0 Å². The quantitative estimate of drug-likeness (QED) is 0.263. The van der Waals surface area contributed by atoms with Gasteiger partial charge in [0.25, 0.3) is 0 Å². The van der Waals surface area contributed by atoms with E-state index in [1.165, 1.54) is 13.2 Å². The van der Waals surface area contributed by atoms with Crippen molar-refractivity contribution in [2.75, 3.05) is 14.2 Å². The highest BCUT2D eigenvalue weighted by molar-refractivity contribution is 9.10. The van der Waals surface area contributed by atoms with Gasteiger partial charge in [-0.1, -0.05) is 68.3 Å². The second-order valence-electron chi connectivity index (χ2n) is 9.82. The first kappa shape index (κ1) is 29.7. The summed E-state index contributed by atoms with van der Waals surface area (Å²) < 4.78 is 17.1. The van der Waals surface area contributed by atoms with E-state index < -0.39 is 52.7 Å². The Morgan fingerprint density at radius 2 is 1.58 bits per heavy atom. The monoisotopic (exact) mass is 649 g/mol. The summed E-state index contributed by atoms with van der Waals surface area (Å²) in [4.78, 5) is 53.4. The fraction of sp³-hybridized carbons (Fsp3) is 0.357. The van der Waals surface area contributed by atoms with Crippen molar-refractivity contribution < 1.29 is 33.4 Å². The van der Waals surface area contributed by atoms with Crippen molar-refractivity contribution in [3.05, 3.63) is 74.7 Å². The van der Waals surface area contributed by atoms with Gasteiger partial charge in [0, 0.05) is 14.9 Å². The number of ether oxygens (including phenoxy) is 3. The zero-order valence-corrected chi connectivity index (χ0v) is 24.8. The van der Waals surface area contributed by atoms with E-state index in [9.17, 15) is 19.2 Å². The molecule has 38 heavy (non-hydrogen) atoms. The molecule has 1 N–H and O–H groups in total. The van der Waals surface area contributed by atoms with Crippen LogP contribution in [0.3, 0.4) is 0 Å². The third-order valence-corrected chi connectivity index (χ3v) is 7.06. The van der Waals surface area contributed by atoms with Gasteiger partial charge in [-0.2, -0.15) is 0 Å². The minimum absolute atomic E-state index is 0.534. The third kappa shape index (κ3) is 6.42. The average molecular weight is 651 g/mol. The summed E-state index contributed by atoms with van der Waals surface area (Å²) in [5.41, 5.74) is -1.53. The molecule has 0 unspecified atom stereocenters. The molecule has 1 saturated heterocycles. The molecule has 0 aliphatic carbocycles. The van der Waals surface area contributed by atoms with Crippen LogP contribution < -0.4 is 5.32 Å². The zero-order valence-electron chi connectivity index (χ0n) is 21.6. The molecule has 1 fully saturated rings. The summed E-state index contributed by atoms with van der Waals surface area (Å²) in [7, 11) is 2.26. The molecule has 3 rings (SSSR count). The lowest BCUT2D eigenvalue weighted by Gasteiger charge is -2.30. The molecule has 2 aromatic carbocycles. The molecular weight excluding hydrogens is 622 g/mol. The van der Waals surface area contributed by atoms with Gasteiger partial charge in [0.15, 0.2) is 0 Å². The number of esters is 3. The van der Waals surface area contributed by atoms with Gasteiger partial charge in [-0.25, -0.2) is 9.59 Å². The maximum Gasteiger partial charge on any atom is 0.374 e. The van der Waals surface area contributed by atoms with E-state index >= 15 is 0 Å². The first-order chi connectivity index (χ1) is 17.8. The Hall–Kier alpha value is -2.82. The van der Waals surface area contributed by atoms with E-state index in [1.807, 2.05) is 18.2 Å². The molecule has 0 saturated carbocycles. The Morgan fingerprint density at radius 1 is 0.947 bits per heavy atom. The molecule has 1 aliphatic rings. The van der Waals surface area contributed by atoms with Crippen molar-refractivity contribution in [1.29, 1.82) is 0 Å². The van der Waals surface area contributed by atoms with E-state index in [2.05, 4.69) is 37.2 Å².